The molecule has 2 rings (SSSR count). The number of aromatic nitrogens is 1. The summed E-state index contributed by atoms with van der Waals surface area (Å²) in [5, 5.41) is 6.14. The number of aliphatic imine (C=N–C) groups is 1. The maximum Gasteiger partial charge on any atom is 0.241 e. The number of carbonyl (C=O) groups is 1. The van der Waals surface area contributed by atoms with E-state index < -0.39 is 5.82 Å². The van der Waals surface area contributed by atoms with Crippen molar-refractivity contribution in [3.8, 4) is 0 Å². The second-order valence-electron chi connectivity index (χ2n) is 6.11. The van der Waals surface area contributed by atoms with E-state index in [0.717, 1.165) is 25.9 Å². The fourth-order valence-corrected chi connectivity index (χ4v) is 2.36. The number of rotatable bonds is 6. The summed E-state index contributed by atoms with van der Waals surface area (Å²) in [6.45, 7) is 1.55. The van der Waals surface area contributed by atoms with Gasteiger partial charge in [-0.15, -0.1) is 24.0 Å². The topological polar surface area (TPSA) is 78.9 Å². The number of hydrogen-bond donors (Lipinski definition) is 2. The number of ether oxygens (including phenoxy) is 1. The Morgan fingerprint density at radius 2 is 2.23 bits per heavy atom. The van der Waals surface area contributed by atoms with Crippen LogP contribution in [0.25, 0.3) is 0 Å². The summed E-state index contributed by atoms with van der Waals surface area (Å²) in [6, 6.07) is 2.89. The molecule has 7 nitrogen and oxygen atoms in total. The molecule has 26 heavy (non-hydrogen) atoms. The summed E-state index contributed by atoms with van der Waals surface area (Å²) in [6.07, 6.45) is 4.87. The predicted octanol–water partition coefficient (Wildman–Crippen LogP) is 1.53. The zero-order valence-corrected chi connectivity index (χ0v) is 17.5. The molecular weight excluding hydrogens is 452 g/mol. The van der Waals surface area contributed by atoms with Crippen molar-refractivity contribution >= 4 is 35.8 Å². The highest BCUT2D eigenvalue weighted by Crippen LogP contribution is 2.11. The van der Waals surface area contributed by atoms with Gasteiger partial charge in [0.15, 0.2) is 5.96 Å². The quantitative estimate of drug-likeness (QED) is 0.368. The van der Waals surface area contributed by atoms with E-state index in [-0.39, 0.29) is 54.8 Å². The zero-order chi connectivity index (χ0) is 18.1. The standard InChI is InChI=1S/C17H26FN5O2.HI/c1-23(2)16(24)12-22-17(20-10-13-6-3-4-9-25-13)21-11-15-14(18)7-5-8-19-15;/h5,7-8,13H,3-4,6,9-12H2,1-2H3,(H2,20,21,22);1H. The van der Waals surface area contributed by atoms with E-state index >= 15 is 0 Å². The summed E-state index contributed by atoms with van der Waals surface area (Å²) >= 11 is 0. The Morgan fingerprint density at radius 3 is 2.88 bits per heavy atom. The van der Waals surface area contributed by atoms with Gasteiger partial charge < -0.3 is 20.3 Å². The third-order valence-corrected chi connectivity index (χ3v) is 3.90. The number of nitrogens with zero attached hydrogens (tertiary/aromatic N) is 3. The molecule has 2 N–H and O–H groups in total. The van der Waals surface area contributed by atoms with Gasteiger partial charge >= 0.3 is 0 Å². The maximum absolute atomic E-state index is 13.7. The molecule has 0 spiro atoms. The van der Waals surface area contributed by atoms with Crippen LogP contribution in [0.15, 0.2) is 23.3 Å². The van der Waals surface area contributed by atoms with E-state index in [1.807, 2.05) is 0 Å². The van der Waals surface area contributed by atoms with E-state index in [0.29, 0.717) is 12.5 Å². The summed E-state index contributed by atoms with van der Waals surface area (Å²) in [5.41, 5.74) is 0.261. The number of hydrogen-bond acceptors (Lipinski definition) is 4. The summed E-state index contributed by atoms with van der Waals surface area (Å²) in [4.78, 5) is 21.6. The monoisotopic (exact) mass is 479 g/mol. The van der Waals surface area contributed by atoms with Crippen molar-refractivity contribution in [1.82, 2.24) is 20.5 Å². The number of carbonyl (C=O) groups excluding carboxylic acids is 1. The lowest BCUT2D eigenvalue weighted by Crippen LogP contribution is -2.45. The molecule has 146 valence electrons. The number of pyridine rings is 1. The minimum Gasteiger partial charge on any atom is -0.376 e. The molecule has 0 saturated carbocycles. The minimum absolute atomic E-state index is 0. The average molecular weight is 479 g/mol. The van der Waals surface area contributed by atoms with Crippen molar-refractivity contribution in [2.45, 2.75) is 31.9 Å². The fraction of sp³-hybridized carbons (Fsp3) is 0.588. The van der Waals surface area contributed by atoms with Gasteiger partial charge in [-0.05, 0) is 31.4 Å². The Bertz CT molecular complexity index is 594. The fourth-order valence-electron chi connectivity index (χ4n) is 2.36. The third kappa shape index (κ3) is 7.81. The number of halogens is 2. The maximum atomic E-state index is 13.7. The van der Waals surface area contributed by atoms with Gasteiger partial charge in [0.25, 0.3) is 0 Å². The van der Waals surface area contributed by atoms with Crippen LogP contribution in [0.3, 0.4) is 0 Å². The first kappa shape index (κ1) is 22.6. The largest absolute Gasteiger partial charge is 0.376 e. The molecule has 2 heterocycles. The van der Waals surface area contributed by atoms with E-state index in [2.05, 4.69) is 20.6 Å². The first-order valence-electron chi connectivity index (χ1n) is 8.49. The second kappa shape index (κ2) is 12.0. The molecule has 1 amide bonds. The summed E-state index contributed by atoms with van der Waals surface area (Å²) in [5.74, 6) is -0.0348. The van der Waals surface area contributed by atoms with Gasteiger partial charge in [0.05, 0.1) is 24.9 Å². The average Bonchev–Trinajstić information content (AvgIpc) is 2.62. The first-order valence-corrected chi connectivity index (χ1v) is 8.49. The number of amides is 1. The molecule has 1 aliphatic heterocycles. The van der Waals surface area contributed by atoms with Crippen molar-refractivity contribution in [2.24, 2.45) is 4.99 Å². The van der Waals surface area contributed by atoms with Crippen molar-refractivity contribution in [3.05, 3.63) is 29.8 Å². The van der Waals surface area contributed by atoms with Crippen LogP contribution < -0.4 is 10.6 Å². The molecule has 1 unspecified atom stereocenters. The Hall–Kier alpha value is -1.49. The van der Waals surface area contributed by atoms with Crippen LogP contribution in [0.1, 0.15) is 25.0 Å². The zero-order valence-electron chi connectivity index (χ0n) is 15.2. The van der Waals surface area contributed by atoms with Crippen LogP contribution in [-0.2, 0) is 16.1 Å². The van der Waals surface area contributed by atoms with Gasteiger partial charge in [0.2, 0.25) is 5.91 Å². The Morgan fingerprint density at radius 1 is 1.42 bits per heavy atom. The first-order chi connectivity index (χ1) is 12.1. The molecule has 0 aromatic carbocycles. The lowest BCUT2D eigenvalue weighted by atomic mass is 10.1. The van der Waals surface area contributed by atoms with Crippen LogP contribution >= 0.6 is 24.0 Å². The lowest BCUT2D eigenvalue weighted by Gasteiger charge is -2.24. The molecule has 0 bridgehead atoms. The highest BCUT2D eigenvalue weighted by atomic mass is 127. The van der Waals surface area contributed by atoms with Crippen molar-refractivity contribution in [2.75, 3.05) is 33.8 Å². The number of likely N-dealkylation sites (N-methyl/N-ethyl adjacent to an activating group) is 1. The van der Waals surface area contributed by atoms with Gasteiger partial charge in [0, 0.05) is 33.4 Å². The Kier molecular flexibility index (Phi) is 10.4. The number of nitrogens with one attached hydrogen (secondary N) is 2. The molecule has 9 heteroatoms. The normalized spacial score (nSPS) is 17.2. The number of guanidine groups is 1. The van der Waals surface area contributed by atoms with Gasteiger partial charge in [-0.3, -0.25) is 9.78 Å². The lowest BCUT2D eigenvalue weighted by molar-refractivity contribution is -0.127. The molecular formula is C17H27FIN5O2. The second-order valence-corrected chi connectivity index (χ2v) is 6.11. The van der Waals surface area contributed by atoms with Crippen molar-refractivity contribution in [3.63, 3.8) is 0 Å². The van der Waals surface area contributed by atoms with Crippen LogP contribution in [0, 0.1) is 5.82 Å². The van der Waals surface area contributed by atoms with Gasteiger partial charge in [-0.25, -0.2) is 9.38 Å². The molecule has 0 radical (unpaired) electrons. The van der Waals surface area contributed by atoms with Crippen LogP contribution in [-0.4, -0.2) is 61.6 Å². The Balaban J connectivity index is 0.00000338. The van der Waals surface area contributed by atoms with Crippen molar-refractivity contribution in [1.29, 1.82) is 0 Å². The van der Waals surface area contributed by atoms with Crippen LogP contribution in [0.5, 0.6) is 0 Å². The van der Waals surface area contributed by atoms with E-state index in [4.69, 9.17) is 4.74 Å². The SMILES string of the molecule is CN(C)C(=O)CNC(=NCc1ncccc1F)NCC1CCCCO1.I. The predicted molar refractivity (Wildman–Crippen MR) is 109 cm³/mol. The molecule has 1 fully saturated rings. The van der Waals surface area contributed by atoms with E-state index in [1.165, 1.54) is 23.2 Å². The van der Waals surface area contributed by atoms with Gasteiger partial charge in [-0.2, -0.15) is 0 Å². The highest BCUT2D eigenvalue weighted by molar-refractivity contribution is 14.0. The molecule has 1 aliphatic rings. The molecule has 1 aromatic rings. The van der Waals surface area contributed by atoms with Gasteiger partial charge in [0.1, 0.15) is 5.82 Å². The van der Waals surface area contributed by atoms with Crippen LogP contribution in [0.4, 0.5) is 4.39 Å². The highest BCUT2D eigenvalue weighted by Gasteiger charge is 2.15. The molecule has 1 aromatic heterocycles. The molecule has 1 atom stereocenters. The minimum atomic E-state index is -0.398. The molecule has 0 aliphatic carbocycles. The summed E-state index contributed by atoms with van der Waals surface area (Å²) in [7, 11) is 3.38. The smallest absolute Gasteiger partial charge is 0.241 e. The van der Waals surface area contributed by atoms with E-state index in [9.17, 15) is 9.18 Å². The Labute approximate surface area is 170 Å². The van der Waals surface area contributed by atoms with Crippen molar-refractivity contribution < 1.29 is 13.9 Å². The molecule has 1 saturated heterocycles. The van der Waals surface area contributed by atoms with Crippen LogP contribution in [0.2, 0.25) is 0 Å². The van der Waals surface area contributed by atoms with E-state index in [1.54, 1.807) is 14.1 Å². The summed E-state index contributed by atoms with van der Waals surface area (Å²) < 4.78 is 19.4. The van der Waals surface area contributed by atoms with Gasteiger partial charge in [-0.1, -0.05) is 0 Å². The third-order valence-electron chi connectivity index (χ3n) is 3.90.